The largest absolute Gasteiger partial charge is 0.486 e. The van der Waals surface area contributed by atoms with E-state index in [9.17, 15) is 0 Å². The minimum absolute atomic E-state index is 1.24. The molecule has 0 aliphatic heterocycles. The third kappa shape index (κ3) is 3.82. The average Bonchev–Trinajstić information content (AvgIpc) is 1.41. The van der Waals surface area contributed by atoms with Crippen molar-refractivity contribution in [1.82, 2.24) is 0 Å². The van der Waals surface area contributed by atoms with Crippen molar-refractivity contribution in [2.24, 2.45) is 4.40 Å². The summed E-state index contributed by atoms with van der Waals surface area (Å²) in [4.78, 5) is 0. The SMILES string of the molecule is CO/C=N/S. The van der Waals surface area contributed by atoms with Crippen LogP contribution in [0.4, 0.5) is 0 Å². The third-order valence-corrected chi connectivity index (χ3v) is 0.247. The summed E-state index contributed by atoms with van der Waals surface area (Å²) in [6.45, 7) is 0. The Hall–Kier alpha value is -0.180. The number of thiol groups is 1. The first-order chi connectivity index (χ1) is 2.41. The molecular formula is C2H5NOS. The molecule has 0 radical (unpaired) electrons. The van der Waals surface area contributed by atoms with E-state index in [1.807, 2.05) is 0 Å². The zero-order valence-corrected chi connectivity index (χ0v) is 3.77. The lowest BCUT2D eigenvalue weighted by Crippen LogP contribution is -1.69. The van der Waals surface area contributed by atoms with Gasteiger partial charge in [0.2, 0.25) is 0 Å². The van der Waals surface area contributed by atoms with E-state index in [0.29, 0.717) is 0 Å². The molecule has 0 atom stereocenters. The number of ether oxygens (including phenoxy) is 1. The van der Waals surface area contributed by atoms with Crippen LogP contribution in [-0.4, -0.2) is 13.5 Å². The van der Waals surface area contributed by atoms with Crippen molar-refractivity contribution in [3.63, 3.8) is 0 Å². The number of nitrogens with zero attached hydrogens (tertiary/aromatic N) is 1. The van der Waals surface area contributed by atoms with Gasteiger partial charge in [0, 0.05) is 0 Å². The summed E-state index contributed by atoms with van der Waals surface area (Å²) < 4.78 is 7.52. The fourth-order valence-corrected chi connectivity index (χ4v) is 0.141. The van der Waals surface area contributed by atoms with E-state index in [1.54, 1.807) is 0 Å². The Morgan fingerprint density at radius 2 is 2.60 bits per heavy atom. The molecule has 0 amide bonds. The van der Waals surface area contributed by atoms with Crippen molar-refractivity contribution in [2.75, 3.05) is 7.11 Å². The van der Waals surface area contributed by atoms with Crippen LogP contribution in [0.3, 0.4) is 0 Å². The van der Waals surface area contributed by atoms with Gasteiger partial charge in [0.1, 0.15) is 0 Å². The van der Waals surface area contributed by atoms with Gasteiger partial charge in [-0.15, -0.1) is 0 Å². The first-order valence-corrected chi connectivity index (χ1v) is 1.50. The van der Waals surface area contributed by atoms with Crippen LogP contribution in [0.2, 0.25) is 0 Å². The highest BCUT2D eigenvalue weighted by Gasteiger charge is 1.48. The van der Waals surface area contributed by atoms with Gasteiger partial charge in [-0.1, -0.05) is 0 Å². The Kier molecular flexibility index (Phi) is 3.68. The van der Waals surface area contributed by atoms with Gasteiger partial charge in [-0.3, -0.25) is 0 Å². The number of methoxy groups -OCH3 is 1. The molecule has 0 fully saturated rings. The minimum atomic E-state index is 1.24. The Balaban J connectivity index is 2.62. The molecule has 0 aromatic carbocycles. The molecule has 5 heavy (non-hydrogen) atoms. The van der Waals surface area contributed by atoms with E-state index in [-0.39, 0.29) is 0 Å². The Morgan fingerprint density at radius 3 is 2.60 bits per heavy atom. The van der Waals surface area contributed by atoms with E-state index in [1.165, 1.54) is 13.5 Å². The highest BCUT2D eigenvalue weighted by atomic mass is 32.1. The van der Waals surface area contributed by atoms with Crippen molar-refractivity contribution in [3.05, 3.63) is 0 Å². The monoisotopic (exact) mass is 91.0 g/mol. The zero-order chi connectivity index (χ0) is 4.12. The average molecular weight is 91.1 g/mol. The second kappa shape index (κ2) is 3.82. The lowest BCUT2D eigenvalue weighted by molar-refractivity contribution is 0.424. The first-order valence-electron chi connectivity index (χ1n) is 1.10. The van der Waals surface area contributed by atoms with E-state index < -0.39 is 0 Å². The molecule has 0 heterocycles. The van der Waals surface area contributed by atoms with Crippen LogP contribution in [0.5, 0.6) is 0 Å². The third-order valence-electron chi connectivity index (χ3n) is 0.153. The smallest absolute Gasteiger partial charge is 0.180 e. The maximum Gasteiger partial charge on any atom is 0.180 e. The van der Waals surface area contributed by atoms with E-state index >= 15 is 0 Å². The highest BCUT2D eigenvalue weighted by molar-refractivity contribution is 7.78. The summed E-state index contributed by atoms with van der Waals surface area (Å²) in [7, 11) is 1.51. The van der Waals surface area contributed by atoms with Gasteiger partial charge in [0.05, 0.1) is 7.11 Å². The summed E-state index contributed by atoms with van der Waals surface area (Å²) in [5.74, 6) is 0. The van der Waals surface area contributed by atoms with Crippen molar-refractivity contribution in [2.45, 2.75) is 0 Å². The molecule has 0 N–H and O–H groups in total. The van der Waals surface area contributed by atoms with Crippen LogP contribution in [-0.2, 0) is 4.74 Å². The summed E-state index contributed by atoms with van der Waals surface area (Å²) in [5.41, 5.74) is 0. The van der Waals surface area contributed by atoms with Crippen LogP contribution in [0.25, 0.3) is 0 Å². The molecule has 3 heteroatoms. The molecule has 0 aromatic heterocycles. The van der Waals surface area contributed by atoms with Crippen LogP contribution in [0.1, 0.15) is 0 Å². The molecule has 0 unspecified atom stereocenters. The van der Waals surface area contributed by atoms with Crippen LogP contribution in [0.15, 0.2) is 4.40 Å². The lowest BCUT2D eigenvalue weighted by atomic mass is 11.5. The second-order valence-electron chi connectivity index (χ2n) is 0.457. The molecule has 0 spiro atoms. The molecule has 0 saturated carbocycles. The lowest BCUT2D eigenvalue weighted by Gasteiger charge is -1.74. The fraction of sp³-hybridized carbons (Fsp3) is 0.500. The van der Waals surface area contributed by atoms with E-state index in [2.05, 4.69) is 21.9 Å². The molecule has 0 aromatic rings. The molecule has 0 aliphatic rings. The van der Waals surface area contributed by atoms with E-state index in [0.717, 1.165) is 0 Å². The highest BCUT2D eigenvalue weighted by Crippen LogP contribution is 1.65. The van der Waals surface area contributed by atoms with Gasteiger partial charge < -0.3 is 4.74 Å². The van der Waals surface area contributed by atoms with Crippen molar-refractivity contribution in [3.8, 4) is 0 Å². The topological polar surface area (TPSA) is 21.6 Å². The number of rotatable bonds is 1. The minimum Gasteiger partial charge on any atom is -0.486 e. The van der Waals surface area contributed by atoms with Gasteiger partial charge in [0.25, 0.3) is 0 Å². The van der Waals surface area contributed by atoms with Crippen molar-refractivity contribution >= 4 is 19.2 Å². The van der Waals surface area contributed by atoms with Gasteiger partial charge in [-0.05, 0) is 12.8 Å². The molecule has 0 bridgehead atoms. The van der Waals surface area contributed by atoms with Gasteiger partial charge in [-0.2, -0.15) is 4.40 Å². The van der Waals surface area contributed by atoms with Crippen molar-refractivity contribution in [1.29, 1.82) is 0 Å². The Morgan fingerprint density at radius 1 is 2.00 bits per heavy atom. The molecule has 0 saturated heterocycles. The number of hydrogen-bond donors (Lipinski definition) is 1. The predicted octanol–water partition coefficient (Wildman–Crippen LogP) is 0.506. The summed E-state index contributed by atoms with van der Waals surface area (Å²) in [5, 5.41) is 0. The Labute approximate surface area is 36.4 Å². The standard InChI is InChI=1S/C2H5NOS/c1-4-2-3-5/h2,5H,1H3/b3-2+. The van der Waals surface area contributed by atoms with Crippen molar-refractivity contribution < 1.29 is 4.74 Å². The predicted molar refractivity (Wildman–Crippen MR) is 24.5 cm³/mol. The normalized spacial score (nSPS) is 9.20. The maximum absolute atomic E-state index is 4.32. The quantitative estimate of drug-likeness (QED) is 0.283. The summed E-state index contributed by atoms with van der Waals surface area (Å²) in [6.07, 6.45) is 1.24. The second-order valence-corrected chi connectivity index (χ2v) is 0.688. The molecular weight excluding hydrogens is 86.1 g/mol. The van der Waals surface area contributed by atoms with E-state index in [4.69, 9.17) is 0 Å². The molecule has 0 aliphatic carbocycles. The fourth-order valence-electron chi connectivity index (χ4n) is 0.0471. The van der Waals surface area contributed by atoms with Crippen LogP contribution in [0, 0.1) is 0 Å². The van der Waals surface area contributed by atoms with Gasteiger partial charge >= 0.3 is 0 Å². The van der Waals surface area contributed by atoms with Crippen LogP contribution >= 0.6 is 12.8 Å². The van der Waals surface area contributed by atoms with Gasteiger partial charge in [-0.25, -0.2) is 0 Å². The van der Waals surface area contributed by atoms with Crippen LogP contribution < -0.4 is 0 Å². The molecule has 0 rings (SSSR count). The Bertz CT molecular complexity index is 36.6. The summed E-state index contributed by atoms with van der Waals surface area (Å²) >= 11 is 3.45. The maximum atomic E-state index is 4.32. The zero-order valence-electron chi connectivity index (χ0n) is 2.88. The molecule has 30 valence electrons. The van der Waals surface area contributed by atoms with Gasteiger partial charge in [0.15, 0.2) is 6.40 Å². The number of hydrogen-bond acceptors (Lipinski definition) is 3. The molecule has 2 nitrogen and oxygen atoms in total. The summed E-state index contributed by atoms with van der Waals surface area (Å²) in [6, 6.07) is 0. The first kappa shape index (κ1) is 4.82.